The van der Waals surface area contributed by atoms with Gasteiger partial charge in [0.2, 0.25) is 5.91 Å². The number of para-hydroxylation sites is 1. The molecule has 0 aliphatic carbocycles. The molecule has 2 aromatic heterocycles. The summed E-state index contributed by atoms with van der Waals surface area (Å²) in [5.74, 6) is 2.62. The average Bonchev–Trinajstić information content (AvgIpc) is 3.32. The van der Waals surface area contributed by atoms with E-state index in [1.165, 1.54) is 12.8 Å². The van der Waals surface area contributed by atoms with Gasteiger partial charge in [0.1, 0.15) is 5.82 Å². The minimum Gasteiger partial charge on any atom is -0.361 e. The molecule has 7 nitrogen and oxygen atoms in total. The lowest BCUT2D eigenvalue weighted by Crippen LogP contribution is -2.40. The van der Waals surface area contributed by atoms with Gasteiger partial charge in [-0.25, -0.2) is 0 Å². The molecule has 1 saturated heterocycles. The molecule has 7 heteroatoms. The molecule has 0 saturated carbocycles. The van der Waals surface area contributed by atoms with Crippen molar-refractivity contribution in [3.05, 3.63) is 47.7 Å². The highest BCUT2D eigenvalue weighted by molar-refractivity contribution is 5.88. The van der Waals surface area contributed by atoms with Gasteiger partial charge in [-0.05, 0) is 38.1 Å². The Bertz CT molecular complexity index is 1010. The van der Waals surface area contributed by atoms with E-state index in [9.17, 15) is 4.79 Å². The Kier molecular flexibility index (Phi) is 4.39. The van der Waals surface area contributed by atoms with E-state index in [1.807, 2.05) is 29.3 Å². The third kappa shape index (κ3) is 3.09. The van der Waals surface area contributed by atoms with E-state index >= 15 is 0 Å². The molecule has 0 radical (unpaired) electrons. The van der Waals surface area contributed by atoms with Crippen molar-refractivity contribution in [2.75, 3.05) is 26.7 Å². The lowest BCUT2D eigenvalue weighted by molar-refractivity contribution is -0.132. The molecule has 5 rings (SSSR count). The molecule has 1 fully saturated rings. The van der Waals surface area contributed by atoms with Gasteiger partial charge in [0.15, 0.2) is 5.82 Å². The second-order valence-electron chi connectivity index (χ2n) is 8.08. The number of amides is 1. The summed E-state index contributed by atoms with van der Waals surface area (Å²) in [5.41, 5.74) is 2.13. The highest BCUT2D eigenvalue weighted by Crippen LogP contribution is 2.27. The first-order valence-electron chi connectivity index (χ1n) is 10.1. The number of nitrogens with zero attached hydrogens (tertiary/aromatic N) is 5. The van der Waals surface area contributed by atoms with Gasteiger partial charge >= 0.3 is 0 Å². The number of rotatable bonds is 3. The molecular formula is C21H26N6O. The van der Waals surface area contributed by atoms with Crippen LogP contribution in [-0.4, -0.2) is 62.1 Å². The monoisotopic (exact) mass is 378 g/mol. The summed E-state index contributed by atoms with van der Waals surface area (Å²) >= 11 is 0. The molecule has 1 unspecified atom stereocenters. The van der Waals surface area contributed by atoms with Crippen LogP contribution in [0.4, 0.5) is 0 Å². The number of aromatic amines is 1. The third-order valence-electron chi connectivity index (χ3n) is 6.14. The number of hydrogen-bond donors (Lipinski definition) is 1. The smallest absolute Gasteiger partial charge is 0.227 e. The number of carbonyl (C=O) groups excluding carboxylic acids is 1. The highest BCUT2D eigenvalue weighted by Gasteiger charge is 2.29. The molecular weight excluding hydrogens is 352 g/mol. The number of likely N-dealkylation sites (tertiary alicyclic amines) is 1. The maximum Gasteiger partial charge on any atom is 0.227 e. The van der Waals surface area contributed by atoms with Crippen molar-refractivity contribution in [2.24, 2.45) is 0 Å². The largest absolute Gasteiger partial charge is 0.361 e. The van der Waals surface area contributed by atoms with Crippen molar-refractivity contribution in [2.45, 2.75) is 38.3 Å². The second kappa shape index (κ2) is 7.05. The Labute approximate surface area is 164 Å². The number of likely N-dealkylation sites (N-methyl/N-ethyl adjacent to an activating group) is 1. The van der Waals surface area contributed by atoms with Crippen molar-refractivity contribution in [3.8, 4) is 0 Å². The van der Waals surface area contributed by atoms with E-state index in [0.29, 0.717) is 18.9 Å². The van der Waals surface area contributed by atoms with Crippen LogP contribution in [0.5, 0.6) is 0 Å². The van der Waals surface area contributed by atoms with Crippen LogP contribution >= 0.6 is 0 Å². The Hall–Kier alpha value is -2.67. The van der Waals surface area contributed by atoms with E-state index in [4.69, 9.17) is 0 Å². The molecule has 0 spiro atoms. The van der Waals surface area contributed by atoms with Gasteiger partial charge in [0.25, 0.3) is 0 Å². The molecule has 4 heterocycles. The summed E-state index contributed by atoms with van der Waals surface area (Å²) in [5, 5.41) is 10.1. The SMILES string of the molecule is CN1CCCC(c2nnc3n2CCN(C(=O)Cc2c[nH]c4ccccc24)C3)C1. The predicted octanol–water partition coefficient (Wildman–Crippen LogP) is 2.15. The number of fused-ring (bicyclic) bond motifs is 2. The molecule has 1 aromatic carbocycles. The van der Waals surface area contributed by atoms with E-state index in [0.717, 1.165) is 54.3 Å². The van der Waals surface area contributed by atoms with Crippen LogP contribution in [0.1, 0.15) is 36.0 Å². The number of carbonyl (C=O) groups is 1. The topological polar surface area (TPSA) is 70.1 Å². The summed E-state index contributed by atoms with van der Waals surface area (Å²) < 4.78 is 2.25. The minimum absolute atomic E-state index is 0.151. The fourth-order valence-electron chi connectivity index (χ4n) is 4.62. The predicted molar refractivity (Wildman–Crippen MR) is 107 cm³/mol. The van der Waals surface area contributed by atoms with E-state index in [2.05, 4.69) is 37.8 Å². The van der Waals surface area contributed by atoms with E-state index in [-0.39, 0.29) is 5.91 Å². The van der Waals surface area contributed by atoms with Crippen LogP contribution in [-0.2, 0) is 24.3 Å². The lowest BCUT2D eigenvalue weighted by atomic mass is 9.97. The molecule has 3 aromatic rings. The number of aromatic nitrogens is 4. The maximum atomic E-state index is 12.9. The summed E-state index contributed by atoms with van der Waals surface area (Å²) in [6.07, 6.45) is 4.75. The molecule has 2 aliphatic rings. The first-order valence-corrected chi connectivity index (χ1v) is 10.1. The first kappa shape index (κ1) is 17.4. The summed E-state index contributed by atoms with van der Waals surface area (Å²) in [6, 6.07) is 8.12. The van der Waals surface area contributed by atoms with Gasteiger partial charge in [-0.3, -0.25) is 4.79 Å². The first-order chi connectivity index (χ1) is 13.7. The third-order valence-corrected chi connectivity index (χ3v) is 6.14. The van der Waals surface area contributed by atoms with Crippen LogP contribution in [0.2, 0.25) is 0 Å². The Balaban J connectivity index is 1.30. The fraction of sp³-hybridized carbons (Fsp3) is 0.476. The number of H-pyrrole nitrogens is 1. The number of nitrogens with one attached hydrogen (secondary N) is 1. The second-order valence-corrected chi connectivity index (χ2v) is 8.08. The number of piperidine rings is 1. The fourth-order valence-corrected chi connectivity index (χ4v) is 4.62. The van der Waals surface area contributed by atoms with Gasteiger partial charge in [0.05, 0.1) is 13.0 Å². The molecule has 0 bridgehead atoms. The van der Waals surface area contributed by atoms with Gasteiger partial charge < -0.3 is 19.4 Å². The van der Waals surface area contributed by atoms with Crippen molar-refractivity contribution in [1.29, 1.82) is 0 Å². The van der Waals surface area contributed by atoms with Crippen LogP contribution < -0.4 is 0 Å². The van der Waals surface area contributed by atoms with Crippen LogP contribution in [0.3, 0.4) is 0 Å². The van der Waals surface area contributed by atoms with Gasteiger partial charge in [-0.15, -0.1) is 10.2 Å². The number of benzene rings is 1. The zero-order chi connectivity index (χ0) is 19.1. The van der Waals surface area contributed by atoms with Crippen molar-refractivity contribution >= 4 is 16.8 Å². The van der Waals surface area contributed by atoms with Gasteiger partial charge in [0, 0.05) is 42.7 Å². The van der Waals surface area contributed by atoms with Crippen molar-refractivity contribution in [3.63, 3.8) is 0 Å². The Morgan fingerprint density at radius 2 is 2.11 bits per heavy atom. The zero-order valence-corrected chi connectivity index (χ0v) is 16.3. The standard InChI is InChI=1S/C21H26N6O/c1-25-8-4-5-15(13-25)21-24-23-19-14-26(9-10-27(19)21)20(28)11-16-12-22-18-7-3-2-6-17(16)18/h2-3,6-7,12,15,22H,4-5,8-11,13-14H2,1H3. The van der Waals surface area contributed by atoms with Gasteiger partial charge in [-0.1, -0.05) is 18.2 Å². The van der Waals surface area contributed by atoms with Crippen molar-refractivity contribution in [1.82, 2.24) is 29.5 Å². The molecule has 2 aliphatic heterocycles. The van der Waals surface area contributed by atoms with Crippen LogP contribution in [0.25, 0.3) is 10.9 Å². The van der Waals surface area contributed by atoms with Crippen LogP contribution in [0.15, 0.2) is 30.5 Å². The zero-order valence-electron chi connectivity index (χ0n) is 16.3. The van der Waals surface area contributed by atoms with E-state index in [1.54, 1.807) is 0 Å². The average molecular weight is 378 g/mol. The quantitative estimate of drug-likeness (QED) is 0.758. The molecule has 28 heavy (non-hydrogen) atoms. The van der Waals surface area contributed by atoms with E-state index < -0.39 is 0 Å². The number of hydrogen-bond acceptors (Lipinski definition) is 4. The van der Waals surface area contributed by atoms with Gasteiger partial charge in [-0.2, -0.15) is 0 Å². The molecule has 1 N–H and O–H groups in total. The highest BCUT2D eigenvalue weighted by atomic mass is 16.2. The minimum atomic E-state index is 0.151. The van der Waals surface area contributed by atoms with Crippen molar-refractivity contribution < 1.29 is 4.79 Å². The summed E-state index contributed by atoms with van der Waals surface area (Å²) in [7, 11) is 2.17. The lowest BCUT2D eigenvalue weighted by Gasteiger charge is -2.32. The summed E-state index contributed by atoms with van der Waals surface area (Å²) in [6.45, 7) is 4.27. The molecule has 1 atom stereocenters. The summed E-state index contributed by atoms with van der Waals surface area (Å²) in [4.78, 5) is 20.5. The normalized spacial score (nSPS) is 20.5. The maximum absolute atomic E-state index is 12.9. The Morgan fingerprint density at radius 3 is 3.00 bits per heavy atom. The Morgan fingerprint density at radius 1 is 1.21 bits per heavy atom. The molecule has 146 valence electrons. The molecule has 1 amide bonds. The van der Waals surface area contributed by atoms with Crippen LogP contribution in [0, 0.1) is 0 Å².